The molecule has 0 saturated carbocycles. The fourth-order valence-electron chi connectivity index (χ4n) is 1.43. The highest BCUT2D eigenvalue weighted by atomic mass is 79.9. The van der Waals surface area contributed by atoms with E-state index in [9.17, 15) is 9.59 Å². The van der Waals surface area contributed by atoms with Crippen molar-refractivity contribution in [2.75, 3.05) is 0 Å². The quantitative estimate of drug-likeness (QED) is 0.640. The second-order valence-electron chi connectivity index (χ2n) is 3.39. The van der Waals surface area contributed by atoms with Crippen molar-refractivity contribution >= 4 is 45.4 Å². The van der Waals surface area contributed by atoms with Crippen LogP contribution in [0.3, 0.4) is 0 Å². The van der Waals surface area contributed by atoms with Crippen LogP contribution >= 0.6 is 27.5 Å². The van der Waals surface area contributed by atoms with E-state index >= 15 is 0 Å². The summed E-state index contributed by atoms with van der Waals surface area (Å²) in [5.74, 6) is -0.617. The third-order valence-electron chi connectivity index (χ3n) is 2.19. The molecule has 2 amide bonds. The highest BCUT2D eigenvalue weighted by Crippen LogP contribution is 2.24. The summed E-state index contributed by atoms with van der Waals surface area (Å²) in [7, 11) is 0. The number of hydrogen-bond donors (Lipinski definition) is 1. The predicted molar refractivity (Wildman–Crippen MR) is 64.9 cm³/mol. The molecule has 0 aromatic heterocycles. The Kier molecular flexibility index (Phi) is 3.12. The second kappa shape index (κ2) is 4.39. The zero-order valence-electron chi connectivity index (χ0n) is 8.09. The number of imide groups is 1. The first-order chi connectivity index (χ1) is 7.56. The largest absolute Gasteiger partial charge is 0.292 e. The molecule has 82 valence electrons. The first-order valence-corrected chi connectivity index (χ1v) is 5.73. The lowest BCUT2D eigenvalue weighted by atomic mass is 10.1. The van der Waals surface area contributed by atoms with E-state index in [1.807, 2.05) is 6.07 Å². The maximum atomic E-state index is 11.3. The molecule has 0 bridgehead atoms. The molecule has 0 spiro atoms. The molecule has 1 aliphatic heterocycles. The lowest BCUT2D eigenvalue weighted by molar-refractivity contribution is -0.124. The smallest absolute Gasteiger partial charge is 0.254 e. The molecule has 2 rings (SSSR count). The van der Waals surface area contributed by atoms with Crippen LogP contribution in [0.5, 0.6) is 0 Å². The Hall–Kier alpha value is -1.13. The molecule has 1 aliphatic rings. The van der Waals surface area contributed by atoms with Crippen molar-refractivity contribution < 1.29 is 9.59 Å². The monoisotopic (exact) mass is 299 g/mol. The highest BCUT2D eigenvalue weighted by molar-refractivity contribution is 9.10. The van der Waals surface area contributed by atoms with E-state index in [1.165, 1.54) is 0 Å². The molecule has 0 atom stereocenters. The zero-order valence-corrected chi connectivity index (χ0v) is 10.4. The van der Waals surface area contributed by atoms with Crippen molar-refractivity contribution in [3.05, 3.63) is 38.8 Å². The van der Waals surface area contributed by atoms with Gasteiger partial charge < -0.3 is 0 Å². The maximum absolute atomic E-state index is 11.3. The van der Waals surface area contributed by atoms with Gasteiger partial charge in [-0.25, -0.2) is 0 Å². The van der Waals surface area contributed by atoms with Gasteiger partial charge in [0, 0.05) is 15.1 Å². The average Bonchev–Trinajstić information content (AvgIpc) is 2.50. The molecule has 3 nitrogen and oxygen atoms in total. The number of amides is 2. The maximum Gasteiger partial charge on any atom is 0.254 e. The van der Waals surface area contributed by atoms with E-state index in [1.54, 1.807) is 18.2 Å². The summed E-state index contributed by atoms with van der Waals surface area (Å²) in [6.07, 6.45) is 1.75. The van der Waals surface area contributed by atoms with Crippen molar-refractivity contribution in [3.63, 3.8) is 0 Å². The van der Waals surface area contributed by atoms with E-state index in [0.29, 0.717) is 10.6 Å². The van der Waals surface area contributed by atoms with Crippen LogP contribution in [-0.2, 0) is 9.59 Å². The minimum absolute atomic E-state index is 0.116. The Balaban J connectivity index is 2.36. The highest BCUT2D eigenvalue weighted by Gasteiger charge is 2.23. The van der Waals surface area contributed by atoms with E-state index in [0.717, 1.165) is 10.0 Å². The Morgan fingerprint density at radius 2 is 2.12 bits per heavy atom. The van der Waals surface area contributed by atoms with Gasteiger partial charge in [-0.15, -0.1) is 0 Å². The van der Waals surface area contributed by atoms with Gasteiger partial charge in [-0.05, 0) is 23.8 Å². The number of benzene rings is 1. The van der Waals surface area contributed by atoms with Gasteiger partial charge in [-0.1, -0.05) is 33.6 Å². The van der Waals surface area contributed by atoms with E-state index in [4.69, 9.17) is 11.6 Å². The van der Waals surface area contributed by atoms with E-state index in [-0.39, 0.29) is 18.2 Å². The first-order valence-electron chi connectivity index (χ1n) is 4.56. The fourth-order valence-corrected chi connectivity index (χ4v) is 2.16. The summed E-state index contributed by atoms with van der Waals surface area (Å²) < 4.78 is 0.867. The molecule has 1 aromatic carbocycles. The van der Waals surface area contributed by atoms with Gasteiger partial charge in [0.1, 0.15) is 0 Å². The van der Waals surface area contributed by atoms with Crippen molar-refractivity contribution in [2.24, 2.45) is 0 Å². The Bertz CT molecular complexity index is 511. The van der Waals surface area contributed by atoms with Gasteiger partial charge in [0.05, 0.1) is 6.42 Å². The van der Waals surface area contributed by atoms with Gasteiger partial charge in [0.15, 0.2) is 0 Å². The third kappa shape index (κ3) is 2.33. The van der Waals surface area contributed by atoms with Gasteiger partial charge in [0.2, 0.25) is 5.91 Å². The number of nitrogens with one attached hydrogen (secondary N) is 1. The van der Waals surface area contributed by atoms with Crippen LogP contribution in [0, 0.1) is 0 Å². The fraction of sp³-hybridized carbons (Fsp3) is 0.0909. The van der Waals surface area contributed by atoms with Gasteiger partial charge in [-0.3, -0.25) is 14.9 Å². The molecule has 1 aromatic rings. The lowest BCUT2D eigenvalue weighted by Gasteiger charge is -1.99. The van der Waals surface area contributed by atoms with Gasteiger partial charge in [-0.2, -0.15) is 0 Å². The average molecular weight is 301 g/mol. The number of hydrogen-bond acceptors (Lipinski definition) is 2. The first kappa shape index (κ1) is 11.4. The van der Waals surface area contributed by atoms with Crippen molar-refractivity contribution in [2.45, 2.75) is 6.42 Å². The number of halogens is 2. The summed E-state index contributed by atoms with van der Waals surface area (Å²) in [6, 6.07) is 5.35. The number of carbonyl (C=O) groups excluding carboxylic acids is 2. The van der Waals surface area contributed by atoms with Crippen molar-refractivity contribution in [3.8, 4) is 0 Å². The topological polar surface area (TPSA) is 46.2 Å². The SMILES string of the molecule is O=C1C/C(=C/c2ccc(Br)cc2Cl)C(=O)N1. The van der Waals surface area contributed by atoms with Crippen LogP contribution in [0.15, 0.2) is 28.2 Å². The van der Waals surface area contributed by atoms with Crippen LogP contribution in [0.1, 0.15) is 12.0 Å². The lowest BCUT2D eigenvalue weighted by Crippen LogP contribution is -2.19. The summed E-state index contributed by atoms with van der Waals surface area (Å²) in [5.41, 5.74) is 1.17. The molecular weight excluding hydrogens is 293 g/mol. The van der Waals surface area contributed by atoms with Crippen LogP contribution in [0.2, 0.25) is 5.02 Å². The molecule has 16 heavy (non-hydrogen) atoms. The van der Waals surface area contributed by atoms with Gasteiger partial charge >= 0.3 is 0 Å². The molecule has 1 heterocycles. The van der Waals surface area contributed by atoms with Gasteiger partial charge in [0.25, 0.3) is 5.91 Å². The Labute approximate surface area is 106 Å². The summed E-state index contributed by atoms with van der Waals surface area (Å²) in [4.78, 5) is 22.3. The second-order valence-corrected chi connectivity index (χ2v) is 4.71. The summed E-state index contributed by atoms with van der Waals surface area (Å²) >= 11 is 9.29. The molecule has 1 N–H and O–H groups in total. The van der Waals surface area contributed by atoms with E-state index in [2.05, 4.69) is 21.2 Å². The predicted octanol–water partition coefficient (Wildman–Crippen LogP) is 2.53. The normalized spacial score (nSPS) is 18.0. The molecule has 5 heteroatoms. The molecular formula is C11H7BrClNO2. The summed E-state index contributed by atoms with van der Waals surface area (Å²) in [5, 5.41) is 2.76. The minimum atomic E-state index is -0.344. The molecule has 1 saturated heterocycles. The van der Waals surface area contributed by atoms with E-state index < -0.39 is 0 Å². The van der Waals surface area contributed by atoms with Crippen LogP contribution < -0.4 is 5.32 Å². The molecule has 0 radical (unpaired) electrons. The number of carbonyl (C=O) groups is 2. The van der Waals surface area contributed by atoms with Crippen LogP contribution in [-0.4, -0.2) is 11.8 Å². The number of rotatable bonds is 1. The summed E-state index contributed by atoms with van der Waals surface area (Å²) in [6.45, 7) is 0. The Morgan fingerprint density at radius 1 is 1.38 bits per heavy atom. The van der Waals surface area contributed by atoms with Crippen molar-refractivity contribution in [1.82, 2.24) is 5.32 Å². The standard InChI is InChI=1S/C11H7BrClNO2/c12-8-2-1-6(9(13)5-8)3-7-4-10(15)14-11(7)16/h1-3,5H,4H2,(H,14,15,16)/b7-3-. The van der Waals surface area contributed by atoms with Crippen LogP contribution in [0.25, 0.3) is 6.08 Å². The third-order valence-corrected chi connectivity index (χ3v) is 3.01. The van der Waals surface area contributed by atoms with Crippen LogP contribution in [0.4, 0.5) is 0 Å². The molecule has 0 aliphatic carbocycles. The zero-order chi connectivity index (χ0) is 11.7. The Morgan fingerprint density at radius 3 is 2.69 bits per heavy atom. The molecule has 1 fully saturated rings. The minimum Gasteiger partial charge on any atom is -0.292 e. The van der Waals surface area contributed by atoms with Crippen molar-refractivity contribution in [1.29, 1.82) is 0 Å². The molecule has 0 unspecified atom stereocenters.